The third-order valence-electron chi connectivity index (χ3n) is 20.6. The lowest BCUT2D eigenvalue weighted by Crippen LogP contribution is -1.98. The summed E-state index contributed by atoms with van der Waals surface area (Å²) in [7, 11) is 0. The first-order chi connectivity index (χ1) is 53.8. The van der Waals surface area contributed by atoms with E-state index in [1.165, 1.54) is 56.4 Å². The minimum atomic E-state index is 0.675. The third kappa shape index (κ3) is 12.0. The summed E-state index contributed by atoms with van der Waals surface area (Å²) < 4.78 is 20.9. The van der Waals surface area contributed by atoms with Crippen molar-refractivity contribution in [1.29, 1.82) is 0 Å². The van der Waals surface area contributed by atoms with Crippen molar-refractivity contribution in [3.8, 4) is 118 Å². The van der Waals surface area contributed by atoms with E-state index in [0.717, 1.165) is 172 Å². The van der Waals surface area contributed by atoms with Crippen LogP contribution in [0.4, 0.5) is 0 Å². The van der Waals surface area contributed by atoms with Crippen molar-refractivity contribution in [1.82, 2.24) is 52.0 Å². The van der Waals surface area contributed by atoms with Crippen molar-refractivity contribution >= 4 is 111 Å². The molecule has 0 unspecified atom stereocenters. The van der Waals surface area contributed by atoms with E-state index in [4.69, 9.17) is 38.7 Å². The molecule has 512 valence electrons. The highest BCUT2D eigenvalue weighted by Gasteiger charge is 2.22. The highest BCUT2D eigenvalue weighted by molar-refractivity contribution is 7.00. The Balaban J connectivity index is 0.000000146. The van der Waals surface area contributed by atoms with Gasteiger partial charge in [0.15, 0.2) is 11.6 Å². The lowest BCUT2D eigenvalue weighted by Gasteiger charge is -2.13. The number of hydrogen-bond acceptors (Lipinski definition) is 12. The summed E-state index contributed by atoms with van der Waals surface area (Å²) in [5, 5.41) is 8.89. The maximum atomic E-state index is 5.31. The number of rotatable bonds is 11. The molecule has 14 aromatic carbocycles. The first-order valence-corrected chi connectivity index (χ1v) is 37.6. The van der Waals surface area contributed by atoms with Crippen LogP contribution in [0.5, 0.6) is 0 Å². The molecule has 0 atom stereocenters. The molecule has 109 heavy (non-hydrogen) atoms. The molecule has 0 fully saturated rings. The predicted molar refractivity (Wildman–Crippen MR) is 450 cm³/mol. The molecule has 0 bridgehead atoms. The maximum Gasteiger partial charge on any atom is 0.160 e. The van der Waals surface area contributed by atoms with Crippen LogP contribution >= 0.6 is 23.5 Å². The number of para-hydroxylation sites is 2. The van der Waals surface area contributed by atoms with Gasteiger partial charge in [-0.3, -0.25) is 0 Å². The Morgan fingerprint density at radius 1 is 0.229 bits per heavy atom. The predicted octanol–water partition coefficient (Wildman–Crippen LogP) is 24.7. The monoisotopic (exact) mass is 1430 g/mol. The minimum Gasteiger partial charge on any atom is -0.309 e. The summed E-state index contributed by atoms with van der Waals surface area (Å²) in [5.74, 6) is 1.38. The Morgan fingerprint density at radius 2 is 0.587 bits per heavy atom. The van der Waals surface area contributed by atoms with E-state index < -0.39 is 0 Å². The molecule has 0 aliphatic carbocycles. The summed E-state index contributed by atoms with van der Waals surface area (Å²) in [6.45, 7) is 4.19. The first kappa shape index (κ1) is 64.6. The van der Waals surface area contributed by atoms with Gasteiger partial charge in [0.05, 0.1) is 79.7 Å². The molecule has 0 aliphatic rings. The van der Waals surface area contributed by atoms with Gasteiger partial charge in [0.1, 0.15) is 22.1 Å². The Labute approximate surface area is 635 Å². The number of aryl methyl sites for hydroxylation is 2. The summed E-state index contributed by atoms with van der Waals surface area (Å²) in [6.07, 6.45) is 0. The molecule has 7 aromatic heterocycles. The normalized spacial score (nSPS) is 11.6. The number of hydrogen-bond donors (Lipinski definition) is 0. The number of nitrogens with zero attached hydrogens (tertiary/aromatic N) is 11. The van der Waals surface area contributed by atoms with Crippen LogP contribution in [0.3, 0.4) is 0 Å². The molecule has 13 heteroatoms. The summed E-state index contributed by atoms with van der Waals surface area (Å²) >= 11 is 2.49. The van der Waals surface area contributed by atoms with Gasteiger partial charge in [0.25, 0.3) is 0 Å². The molecule has 0 N–H and O–H groups in total. The second kappa shape index (κ2) is 27.2. The molecule has 0 saturated heterocycles. The largest absolute Gasteiger partial charge is 0.309 e. The van der Waals surface area contributed by atoms with Crippen molar-refractivity contribution < 1.29 is 0 Å². The smallest absolute Gasteiger partial charge is 0.160 e. The van der Waals surface area contributed by atoms with E-state index in [-0.39, 0.29) is 0 Å². The number of benzene rings is 14. The van der Waals surface area contributed by atoms with Gasteiger partial charge in [0, 0.05) is 93.3 Å². The van der Waals surface area contributed by atoms with Gasteiger partial charge in [-0.25, -0.2) is 29.9 Å². The van der Waals surface area contributed by atoms with Crippen LogP contribution in [0.1, 0.15) is 11.1 Å². The molecular weight excluding hydrogens is 1370 g/mol. The van der Waals surface area contributed by atoms with Crippen LogP contribution in [0.15, 0.2) is 334 Å². The van der Waals surface area contributed by atoms with Gasteiger partial charge in [-0.05, 0) is 121 Å². The van der Waals surface area contributed by atoms with Gasteiger partial charge in [-0.15, -0.1) is 0 Å². The SMILES string of the molecule is Cc1ccc(-c2cc(-c3cccc(-c4ccc5c(c4)nc(-c4ccccc4)c4ccc6nsnc6c45)c3)nc(-c3ccc(C)cc3)n2)cc1.c1ccc(-c2nc(-c3cccc(-c4ccc5c(c4)nc(-c4ccccc4)c4ccc6nsnc6c45)c3)cc(-c3cccc(-n4c5ccccc5c5ccccc54)c3)n2)cc1. The van der Waals surface area contributed by atoms with Crippen molar-refractivity contribution in [2.75, 3.05) is 0 Å². The van der Waals surface area contributed by atoms with Crippen LogP contribution in [0, 0.1) is 13.8 Å². The van der Waals surface area contributed by atoms with Crippen molar-refractivity contribution in [2.45, 2.75) is 13.8 Å². The van der Waals surface area contributed by atoms with Crippen LogP contribution in [-0.4, -0.2) is 52.0 Å². The number of fused-ring (bicyclic) bond motifs is 13. The van der Waals surface area contributed by atoms with Crippen molar-refractivity contribution in [2.24, 2.45) is 0 Å². The van der Waals surface area contributed by atoms with Crippen molar-refractivity contribution in [3.05, 3.63) is 345 Å². The van der Waals surface area contributed by atoms with Gasteiger partial charge in [-0.2, -0.15) is 17.5 Å². The van der Waals surface area contributed by atoms with Crippen LogP contribution in [0.25, 0.3) is 205 Å². The molecule has 0 aliphatic heterocycles. The molecule has 0 spiro atoms. The molecular formula is C96H61N11S2. The summed E-state index contributed by atoms with van der Waals surface area (Å²) in [6, 6.07) is 117. The van der Waals surface area contributed by atoms with E-state index in [1.807, 2.05) is 42.5 Å². The minimum absolute atomic E-state index is 0.675. The highest BCUT2D eigenvalue weighted by Crippen LogP contribution is 2.43. The summed E-state index contributed by atoms with van der Waals surface area (Å²) in [4.78, 5) is 31.1. The molecule has 21 rings (SSSR count). The second-order valence-electron chi connectivity index (χ2n) is 27.5. The van der Waals surface area contributed by atoms with Crippen LogP contribution in [0.2, 0.25) is 0 Å². The van der Waals surface area contributed by atoms with Gasteiger partial charge in [0.2, 0.25) is 0 Å². The lowest BCUT2D eigenvalue weighted by atomic mass is 9.96. The van der Waals surface area contributed by atoms with Gasteiger partial charge >= 0.3 is 0 Å². The van der Waals surface area contributed by atoms with Gasteiger partial charge in [-0.1, -0.05) is 260 Å². The first-order valence-electron chi connectivity index (χ1n) is 36.2. The van der Waals surface area contributed by atoms with E-state index in [1.54, 1.807) is 0 Å². The van der Waals surface area contributed by atoms with Gasteiger partial charge < -0.3 is 4.57 Å². The fraction of sp³-hybridized carbons (Fsp3) is 0.0208. The van der Waals surface area contributed by atoms with Crippen LogP contribution in [-0.2, 0) is 0 Å². The maximum absolute atomic E-state index is 5.31. The Hall–Kier alpha value is -14.0. The molecule has 0 saturated carbocycles. The number of pyridine rings is 2. The topological polar surface area (TPSA) is 134 Å². The molecule has 21 aromatic rings. The summed E-state index contributed by atoms with van der Waals surface area (Å²) in [5.41, 5.74) is 29.1. The molecule has 0 amide bonds. The number of aromatic nitrogens is 11. The molecule has 7 heterocycles. The van der Waals surface area contributed by atoms with Crippen molar-refractivity contribution in [3.63, 3.8) is 0 Å². The van der Waals surface area contributed by atoms with Crippen LogP contribution < -0.4 is 0 Å². The van der Waals surface area contributed by atoms with E-state index in [9.17, 15) is 0 Å². The third-order valence-corrected chi connectivity index (χ3v) is 21.6. The Kier molecular flexibility index (Phi) is 16.1. The lowest BCUT2D eigenvalue weighted by molar-refractivity contribution is 1.16. The Morgan fingerprint density at radius 3 is 1.06 bits per heavy atom. The fourth-order valence-corrected chi connectivity index (χ4v) is 16.2. The van der Waals surface area contributed by atoms with E-state index in [0.29, 0.717) is 11.6 Å². The van der Waals surface area contributed by atoms with E-state index >= 15 is 0 Å². The fourth-order valence-electron chi connectivity index (χ4n) is 15.1. The standard InChI is InChI=1S/C53H32N6S.C43H29N5S/c1-3-13-33(14-4-1)51-43-27-28-44-52(58-60-57-44)50(43)42-26-25-36(31-47(42)54-51)35-17-11-18-37(29-35)45-32-46(56-53(55-45)34-15-5-2-6-16-34)38-19-12-20-39(30-38)59-48-23-9-7-21-40(48)41-22-8-10-24-49(41)59;1-26-11-15-28(16-12-26)37-25-38(46-43(45-37)30-17-13-27(2)14-18-30)33-10-6-9-31(23-33)32-19-20-34-39(24-32)44-41(29-7-4-3-5-8-29)35-21-22-36-42(40(34)35)48-49-47-36/h1-32H;3-25H,1-2H3. The zero-order valence-electron chi connectivity index (χ0n) is 59.0. The van der Waals surface area contributed by atoms with E-state index in [2.05, 4.69) is 318 Å². The Bertz CT molecular complexity index is 7000. The molecule has 11 nitrogen and oxygen atoms in total. The second-order valence-corrected chi connectivity index (χ2v) is 28.5. The quantitative estimate of drug-likeness (QED) is 0.115. The average Bonchev–Trinajstić information content (AvgIpc) is 1.75. The zero-order chi connectivity index (χ0) is 72.5. The highest BCUT2D eigenvalue weighted by atomic mass is 32.1. The molecule has 0 radical (unpaired) electrons. The average molecular weight is 1430 g/mol. The zero-order valence-corrected chi connectivity index (χ0v) is 60.6.